The summed E-state index contributed by atoms with van der Waals surface area (Å²) in [5.41, 5.74) is 0.796. The molecule has 0 aliphatic heterocycles. The molecule has 0 aliphatic carbocycles. The lowest BCUT2D eigenvalue weighted by molar-refractivity contribution is 0.386. The SMILES string of the molecule is COc1ccc(Cn2ncnc2Br)cc1F. The molecular formula is C10H9BrFN3O. The highest BCUT2D eigenvalue weighted by Crippen LogP contribution is 2.18. The summed E-state index contributed by atoms with van der Waals surface area (Å²) in [4.78, 5) is 3.92. The van der Waals surface area contributed by atoms with Gasteiger partial charge in [-0.1, -0.05) is 6.07 Å². The van der Waals surface area contributed by atoms with Crippen molar-refractivity contribution in [1.29, 1.82) is 0 Å². The quantitative estimate of drug-likeness (QED) is 0.868. The molecule has 0 fully saturated rings. The monoisotopic (exact) mass is 285 g/mol. The van der Waals surface area contributed by atoms with Gasteiger partial charge in [-0.25, -0.2) is 14.1 Å². The van der Waals surface area contributed by atoms with Crippen LogP contribution in [0.5, 0.6) is 5.75 Å². The molecule has 1 heterocycles. The van der Waals surface area contributed by atoms with E-state index in [0.717, 1.165) is 5.56 Å². The number of hydrogen-bond donors (Lipinski definition) is 0. The summed E-state index contributed by atoms with van der Waals surface area (Å²) in [6, 6.07) is 4.80. The summed E-state index contributed by atoms with van der Waals surface area (Å²) in [6.07, 6.45) is 1.43. The number of hydrogen-bond acceptors (Lipinski definition) is 3. The molecule has 0 saturated heterocycles. The highest BCUT2D eigenvalue weighted by molar-refractivity contribution is 9.10. The van der Waals surface area contributed by atoms with Gasteiger partial charge in [0, 0.05) is 0 Å². The smallest absolute Gasteiger partial charge is 0.195 e. The third-order valence-corrected chi connectivity index (χ3v) is 2.73. The fourth-order valence-corrected chi connectivity index (χ4v) is 1.65. The first kappa shape index (κ1) is 11.1. The van der Waals surface area contributed by atoms with E-state index < -0.39 is 0 Å². The topological polar surface area (TPSA) is 39.9 Å². The predicted octanol–water partition coefficient (Wildman–Crippen LogP) is 2.24. The van der Waals surface area contributed by atoms with Gasteiger partial charge in [-0.15, -0.1) is 0 Å². The number of methoxy groups -OCH3 is 1. The van der Waals surface area contributed by atoms with Crippen molar-refractivity contribution in [1.82, 2.24) is 14.8 Å². The molecule has 0 N–H and O–H groups in total. The molecule has 84 valence electrons. The minimum absolute atomic E-state index is 0.237. The van der Waals surface area contributed by atoms with Crippen LogP contribution in [0, 0.1) is 5.82 Å². The van der Waals surface area contributed by atoms with E-state index in [9.17, 15) is 4.39 Å². The van der Waals surface area contributed by atoms with Crippen LogP contribution in [0.25, 0.3) is 0 Å². The average molecular weight is 286 g/mol. The van der Waals surface area contributed by atoms with Gasteiger partial charge in [0.15, 0.2) is 16.3 Å². The Bertz CT molecular complexity index is 501. The Morgan fingerprint density at radius 2 is 2.31 bits per heavy atom. The van der Waals surface area contributed by atoms with E-state index in [-0.39, 0.29) is 11.6 Å². The van der Waals surface area contributed by atoms with E-state index in [1.54, 1.807) is 16.8 Å². The van der Waals surface area contributed by atoms with Crippen molar-refractivity contribution < 1.29 is 9.13 Å². The van der Waals surface area contributed by atoms with Gasteiger partial charge in [-0.3, -0.25) is 0 Å². The number of halogens is 2. The Labute approximate surface area is 100 Å². The van der Waals surface area contributed by atoms with Crippen molar-refractivity contribution in [3.8, 4) is 5.75 Å². The molecule has 0 unspecified atom stereocenters. The van der Waals surface area contributed by atoms with Gasteiger partial charge in [0.25, 0.3) is 0 Å². The fraction of sp³-hybridized carbons (Fsp3) is 0.200. The van der Waals surface area contributed by atoms with E-state index in [1.165, 1.54) is 19.5 Å². The maximum atomic E-state index is 13.4. The van der Waals surface area contributed by atoms with Crippen molar-refractivity contribution >= 4 is 15.9 Å². The van der Waals surface area contributed by atoms with Crippen LogP contribution in [0.4, 0.5) is 4.39 Å². The molecule has 6 heteroatoms. The largest absolute Gasteiger partial charge is 0.494 e. The lowest BCUT2D eigenvalue weighted by Crippen LogP contribution is -2.02. The molecule has 1 aromatic carbocycles. The van der Waals surface area contributed by atoms with E-state index in [0.29, 0.717) is 11.3 Å². The minimum Gasteiger partial charge on any atom is -0.494 e. The van der Waals surface area contributed by atoms with E-state index in [1.807, 2.05) is 0 Å². The van der Waals surface area contributed by atoms with E-state index in [2.05, 4.69) is 26.0 Å². The predicted molar refractivity (Wildman–Crippen MR) is 59.8 cm³/mol. The zero-order valence-corrected chi connectivity index (χ0v) is 10.1. The molecule has 0 radical (unpaired) electrons. The molecule has 0 bridgehead atoms. The van der Waals surface area contributed by atoms with Gasteiger partial charge >= 0.3 is 0 Å². The van der Waals surface area contributed by atoms with Crippen molar-refractivity contribution in [2.45, 2.75) is 6.54 Å². The highest BCUT2D eigenvalue weighted by atomic mass is 79.9. The van der Waals surface area contributed by atoms with E-state index in [4.69, 9.17) is 4.74 Å². The number of aromatic nitrogens is 3. The van der Waals surface area contributed by atoms with Crippen molar-refractivity contribution in [2.24, 2.45) is 0 Å². The molecule has 0 atom stereocenters. The molecule has 0 aliphatic rings. The third kappa shape index (κ3) is 2.21. The normalized spacial score (nSPS) is 10.4. The van der Waals surface area contributed by atoms with Gasteiger partial charge in [0.05, 0.1) is 13.7 Å². The minimum atomic E-state index is -0.378. The second-order valence-corrected chi connectivity index (χ2v) is 3.86. The molecule has 0 saturated carbocycles. The van der Waals surface area contributed by atoms with Crippen LogP contribution in [0.1, 0.15) is 5.56 Å². The van der Waals surface area contributed by atoms with Crippen LogP contribution in [0.3, 0.4) is 0 Å². The standard InChI is InChI=1S/C10H9BrFN3O/c1-16-9-3-2-7(4-8(9)12)5-15-10(11)13-6-14-15/h2-4,6H,5H2,1H3. The molecule has 16 heavy (non-hydrogen) atoms. The number of nitrogens with zero attached hydrogens (tertiary/aromatic N) is 3. The average Bonchev–Trinajstić information content (AvgIpc) is 2.65. The van der Waals surface area contributed by atoms with Crippen molar-refractivity contribution in [3.05, 3.63) is 40.6 Å². The van der Waals surface area contributed by atoms with Crippen molar-refractivity contribution in [2.75, 3.05) is 7.11 Å². The second kappa shape index (κ2) is 4.61. The Kier molecular flexibility index (Phi) is 3.19. The first-order chi connectivity index (χ1) is 7.70. The molecule has 0 amide bonds. The molecule has 2 aromatic rings. The lowest BCUT2D eigenvalue weighted by Gasteiger charge is -2.05. The lowest BCUT2D eigenvalue weighted by atomic mass is 10.2. The Morgan fingerprint density at radius 3 is 2.88 bits per heavy atom. The molecule has 2 rings (SSSR count). The van der Waals surface area contributed by atoms with Crippen LogP contribution in [0.15, 0.2) is 29.3 Å². The Hall–Kier alpha value is -1.43. The van der Waals surface area contributed by atoms with Gasteiger partial charge in [0.1, 0.15) is 6.33 Å². The van der Waals surface area contributed by atoms with Gasteiger partial charge in [0.2, 0.25) is 0 Å². The molecule has 1 aromatic heterocycles. The highest BCUT2D eigenvalue weighted by Gasteiger charge is 2.06. The maximum absolute atomic E-state index is 13.4. The van der Waals surface area contributed by atoms with Gasteiger partial charge in [-0.05, 0) is 33.6 Å². The van der Waals surface area contributed by atoms with E-state index >= 15 is 0 Å². The summed E-state index contributed by atoms with van der Waals surface area (Å²) >= 11 is 3.24. The number of benzene rings is 1. The van der Waals surface area contributed by atoms with Crippen LogP contribution in [-0.2, 0) is 6.54 Å². The fourth-order valence-electron chi connectivity index (χ4n) is 1.34. The third-order valence-electron chi connectivity index (χ3n) is 2.12. The summed E-state index contributed by atoms with van der Waals surface area (Å²) in [5, 5.41) is 3.99. The summed E-state index contributed by atoms with van der Waals surface area (Å²) < 4.78 is 20.5. The van der Waals surface area contributed by atoms with Crippen molar-refractivity contribution in [3.63, 3.8) is 0 Å². The van der Waals surface area contributed by atoms with Crippen LogP contribution in [0.2, 0.25) is 0 Å². The first-order valence-corrected chi connectivity index (χ1v) is 5.35. The van der Waals surface area contributed by atoms with Crippen LogP contribution < -0.4 is 4.74 Å². The molecule has 0 spiro atoms. The maximum Gasteiger partial charge on any atom is 0.195 e. The molecular weight excluding hydrogens is 277 g/mol. The Balaban J connectivity index is 2.23. The summed E-state index contributed by atoms with van der Waals surface area (Å²) in [6.45, 7) is 0.460. The van der Waals surface area contributed by atoms with Crippen LogP contribution in [-0.4, -0.2) is 21.9 Å². The zero-order chi connectivity index (χ0) is 11.5. The number of rotatable bonds is 3. The first-order valence-electron chi connectivity index (χ1n) is 4.56. The summed E-state index contributed by atoms with van der Waals surface area (Å²) in [7, 11) is 1.44. The van der Waals surface area contributed by atoms with Gasteiger partial charge < -0.3 is 4.74 Å². The molecule has 4 nitrogen and oxygen atoms in total. The second-order valence-electron chi connectivity index (χ2n) is 3.16. The van der Waals surface area contributed by atoms with Gasteiger partial charge in [-0.2, -0.15) is 5.10 Å². The number of ether oxygens (including phenoxy) is 1. The van der Waals surface area contributed by atoms with Crippen LogP contribution >= 0.6 is 15.9 Å². The summed E-state index contributed by atoms with van der Waals surface area (Å²) in [5.74, 6) is -0.141. The Morgan fingerprint density at radius 1 is 1.50 bits per heavy atom. The zero-order valence-electron chi connectivity index (χ0n) is 8.52.